The van der Waals surface area contributed by atoms with Gasteiger partial charge in [-0.2, -0.15) is 4.31 Å². The molecular formula is C24H22ClN3O5S. The van der Waals surface area contributed by atoms with Crippen LogP contribution in [0.15, 0.2) is 77.7 Å². The monoisotopic (exact) mass is 499 g/mol. The molecule has 3 N–H and O–H groups in total. The highest BCUT2D eigenvalue weighted by atomic mass is 35.5. The van der Waals surface area contributed by atoms with E-state index in [2.05, 4.69) is 10.6 Å². The number of nitrogens with zero attached hydrogens (tertiary/aromatic N) is 1. The number of hydrogen-bond acceptors (Lipinski definition) is 4. The number of amides is 2. The molecule has 0 saturated carbocycles. The van der Waals surface area contributed by atoms with Crippen LogP contribution in [0.1, 0.15) is 12.8 Å². The lowest BCUT2D eigenvalue weighted by molar-refractivity contribution is -0.140. The van der Waals surface area contributed by atoms with Crippen LogP contribution in [0, 0.1) is 0 Å². The summed E-state index contributed by atoms with van der Waals surface area (Å²) in [7, 11) is -3.89. The molecule has 0 bridgehead atoms. The molecule has 2 amide bonds. The maximum atomic E-state index is 12.9. The van der Waals surface area contributed by atoms with Crippen molar-refractivity contribution >= 4 is 45.0 Å². The minimum Gasteiger partial charge on any atom is -0.480 e. The molecule has 0 radical (unpaired) electrons. The highest BCUT2D eigenvalue weighted by Gasteiger charge is 2.39. The molecule has 1 heterocycles. The Morgan fingerprint density at radius 2 is 1.35 bits per heavy atom. The van der Waals surface area contributed by atoms with Gasteiger partial charge in [0.2, 0.25) is 10.0 Å². The van der Waals surface area contributed by atoms with E-state index in [0.29, 0.717) is 29.2 Å². The van der Waals surface area contributed by atoms with Crippen molar-refractivity contribution in [2.45, 2.75) is 23.8 Å². The zero-order valence-electron chi connectivity index (χ0n) is 17.9. The number of benzene rings is 3. The fourth-order valence-electron chi connectivity index (χ4n) is 3.80. The third kappa shape index (κ3) is 5.22. The number of sulfonamides is 1. The summed E-state index contributed by atoms with van der Waals surface area (Å²) in [6.45, 7) is 0.196. The largest absolute Gasteiger partial charge is 0.480 e. The first kappa shape index (κ1) is 23.7. The third-order valence-corrected chi connectivity index (χ3v) is 7.70. The molecule has 34 heavy (non-hydrogen) atoms. The minimum absolute atomic E-state index is 0.0570. The first-order chi connectivity index (χ1) is 16.2. The van der Waals surface area contributed by atoms with Gasteiger partial charge in [-0.25, -0.2) is 13.2 Å². The molecule has 3 aromatic carbocycles. The van der Waals surface area contributed by atoms with E-state index >= 15 is 0 Å². The number of aliphatic carboxylic acids is 1. The molecule has 0 aliphatic carbocycles. The Balaban J connectivity index is 1.42. The van der Waals surface area contributed by atoms with Gasteiger partial charge >= 0.3 is 12.0 Å². The predicted octanol–water partition coefficient (Wildman–Crippen LogP) is 4.89. The van der Waals surface area contributed by atoms with E-state index in [1.54, 1.807) is 48.5 Å². The van der Waals surface area contributed by atoms with Gasteiger partial charge in [0.25, 0.3) is 0 Å². The number of carboxylic acid groups (broad SMARTS) is 1. The van der Waals surface area contributed by atoms with Gasteiger partial charge in [-0.05, 0) is 72.5 Å². The van der Waals surface area contributed by atoms with E-state index in [1.807, 2.05) is 12.1 Å². The number of rotatable bonds is 6. The zero-order valence-corrected chi connectivity index (χ0v) is 19.5. The first-order valence-electron chi connectivity index (χ1n) is 10.5. The van der Waals surface area contributed by atoms with Gasteiger partial charge in [0.1, 0.15) is 6.04 Å². The van der Waals surface area contributed by atoms with Gasteiger partial charge in [0, 0.05) is 22.9 Å². The normalized spacial score (nSPS) is 16.2. The van der Waals surface area contributed by atoms with Crippen molar-refractivity contribution in [3.8, 4) is 11.1 Å². The van der Waals surface area contributed by atoms with Crippen molar-refractivity contribution < 1.29 is 23.1 Å². The average molecular weight is 500 g/mol. The Labute approximate surface area is 202 Å². The summed E-state index contributed by atoms with van der Waals surface area (Å²) >= 11 is 5.84. The molecule has 0 unspecified atom stereocenters. The van der Waals surface area contributed by atoms with Crippen molar-refractivity contribution in [3.05, 3.63) is 77.8 Å². The second kappa shape index (κ2) is 9.84. The molecule has 0 aromatic heterocycles. The Hall–Kier alpha value is -3.40. The van der Waals surface area contributed by atoms with Gasteiger partial charge in [-0.1, -0.05) is 35.9 Å². The second-order valence-corrected chi connectivity index (χ2v) is 10.1. The summed E-state index contributed by atoms with van der Waals surface area (Å²) in [6, 6.07) is 18.7. The quantitative estimate of drug-likeness (QED) is 0.446. The number of halogens is 1. The van der Waals surface area contributed by atoms with E-state index in [-0.39, 0.29) is 11.4 Å². The van der Waals surface area contributed by atoms with Crippen LogP contribution >= 0.6 is 11.6 Å². The van der Waals surface area contributed by atoms with Crippen LogP contribution in [0.4, 0.5) is 16.2 Å². The standard InChI is InChI=1S/C24H22ClN3O5S/c25-18-7-11-20(12-8-18)27-24(31)26-19-9-3-16(4-10-19)17-5-13-21(14-6-17)34(32,33)28-15-1-2-22(28)23(29)30/h3-14,22H,1-2,15H2,(H,29,30)(H2,26,27,31)/t22-/m0/s1. The van der Waals surface area contributed by atoms with E-state index in [9.17, 15) is 23.1 Å². The summed E-state index contributed by atoms with van der Waals surface area (Å²) in [4.78, 5) is 23.6. The van der Waals surface area contributed by atoms with E-state index in [4.69, 9.17) is 11.6 Å². The lowest BCUT2D eigenvalue weighted by atomic mass is 10.1. The summed E-state index contributed by atoms with van der Waals surface area (Å²) in [5.74, 6) is -1.13. The molecular weight excluding hydrogens is 478 g/mol. The molecule has 4 rings (SSSR count). The molecule has 1 aliphatic rings. The summed E-state index contributed by atoms with van der Waals surface area (Å²) < 4.78 is 26.9. The maximum Gasteiger partial charge on any atom is 0.323 e. The van der Waals surface area contributed by atoms with Gasteiger partial charge in [0.05, 0.1) is 4.90 Å². The number of carboxylic acids is 1. The van der Waals surface area contributed by atoms with Crippen LogP contribution in [0.5, 0.6) is 0 Å². The number of hydrogen-bond donors (Lipinski definition) is 3. The fourth-order valence-corrected chi connectivity index (χ4v) is 5.58. The van der Waals surface area contributed by atoms with Gasteiger partial charge < -0.3 is 15.7 Å². The first-order valence-corrected chi connectivity index (χ1v) is 12.3. The highest BCUT2D eigenvalue weighted by Crippen LogP contribution is 2.28. The minimum atomic E-state index is -3.89. The van der Waals surface area contributed by atoms with E-state index in [0.717, 1.165) is 15.4 Å². The molecule has 1 fully saturated rings. The van der Waals surface area contributed by atoms with Crippen LogP contribution in [-0.2, 0) is 14.8 Å². The maximum absolute atomic E-state index is 12.9. The summed E-state index contributed by atoms with van der Waals surface area (Å²) in [6.07, 6.45) is 0.830. The third-order valence-electron chi connectivity index (χ3n) is 5.53. The Kier molecular flexibility index (Phi) is 6.87. The van der Waals surface area contributed by atoms with Crippen LogP contribution in [0.3, 0.4) is 0 Å². The molecule has 1 atom stereocenters. The Bertz CT molecular complexity index is 1290. The van der Waals surface area contributed by atoms with Gasteiger partial charge in [-0.15, -0.1) is 0 Å². The Morgan fingerprint density at radius 1 is 0.853 bits per heavy atom. The molecule has 3 aromatic rings. The van der Waals surface area contributed by atoms with Crippen molar-refractivity contribution in [2.75, 3.05) is 17.2 Å². The number of carbonyl (C=O) groups excluding carboxylic acids is 1. The van der Waals surface area contributed by atoms with Crippen molar-refractivity contribution in [1.29, 1.82) is 0 Å². The lowest BCUT2D eigenvalue weighted by Gasteiger charge is -2.21. The SMILES string of the molecule is O=C(Nc1ccc(Cl)cc1)Nc1ccc(-c2ccc(S(=O)(=O)N3CCC[C@H]3C(=O)O)cc2)cc1. The van der Waals surface area contributed by atoms with Crippen molar-refractivity contribution in [2.24, 2.45) is 0 Å². The Morgan fingerprint density at radius 3 is 1.88 bits per heavy atom. The number of anilines is 2. The van der Waals surface area contributed by atoms with Crippen molar-refractivity contribution in [3.63, 3.8) is 0 Å². The van der Waals surface area contributed by atoms with Gasteiger partial charge in [-0.3, -0.25) is 4.79 Å². The smallest absolute Gasteiger partial charge is 0.323 e. The fraction of sp³-hybridized carbons (Fsp3) is 0.167. The number of nitrogens with one attached hydrogen (secondary N) is 2. The summed E-state index contributed by atoms with van der Waals surface area (Å²) in [5.41, 5.74) is 2.81. The van der Waals surface area contributed by atoms with Crippen molar-refractivity contribution in [1.82, 2.24) is 4.31 Å². The second-order valence-electron chi connectivity index (χ2n) is 7.80. The predicted molar refractivity (Wildman–Crippen MR) is 131 cm³/mol. The topological polar surface area (TPSA) is 116 Å². The zero-order chi connectivity index (χ0) is 24.3. The van der Waals surface area contributed by atoms with E-state index in [1.165, 1.54) is 12.1 Å². The lowest BCUT2D eigenvalue weighted by Crippen LogP contribution is -2.40. The van der Waals surface area contributed by atoms with Crippen LogP contribution < -0.4 is 10.6 Å². The molecule has 8 nitrogen and oxygen atoms in total. The average Bonchev–Trinajstić information content (AvgIpc) is 3.33. The van der Waals surface area contributed by atoms with Crippen LogP contribution in [0.25, 0.3) is 11.1 Å². The van der Waals surface area contributed by atoms with Crippen LogP contribution in [0.2, 0.25) is 5.02 Å². The number of carbonyl (C=O) groups is 2. The molecule has 0 spiro atoms. The number of urea groups is 1. The van der Waals surface area contributed by atoms with Crippen LogP contribution in [-0.4, -0.2) is 42.4 Å². The molecule has 1 saturated heterocycles. The summed E-state index contributed by atoms with van der Waals surface area (Å²) in [5, 5.41) is 15.3. The molecule has 176 valence electrons. The van der Waals surface area contributed by atoms with Gasteiger partial charge in [0.15, 0.2) is 0 Å². The van der Waals surface area contributed by atoms with E-state index < -0.39 is 28.1 Å². The molecule has 1 aliphatic heterocycles. The molecule has 10 heteroatoms. The highest BCUT2D eigenvalue weighted by molar-refractivity contribution is 7.89.